The van der Waals surface area contributed by atoms with Crippen LogP contribution in [0.1, 0.15) is 40.9 Å². The Bertz CT molecular complexity index is 743. The van der Waals surface area contributed by atoms with E-state index in [-0.39, 0.29) is 11.9 Å². The first-order valence-electron chi connectivity index (χ1n) is 8.79. The molecule has 3 rings (SSSR count). The van der Waals surface area contributed by atoms with Crippen molar-refractivity contribution in [2.45, 2.75) is 46.2 Å². The van der Waals surface area contributed by atoms with Gasteiger partial charge in [0.2, 0.25) is 0 Å². The molecule has 1 saturated heterocycles. The molecule has 7 nitrogen and oxygen atoms in total. The van der Waals surface area contributed by atoms with Gasteiger partial charge in [-0.15, -0.1) is 0 Å². The molecular weight excluding hydrogens is 318 g/mol. The number of nitrogens with zero attached hydrogens (tertiary/aromatic N) is 5. The first kappa shape index (κ1) is 17.5. The minimum atomic E-state index is -0.0144. The monoisotopic (exact) mass is 343 g/mol. The number of aromatic nitrogens is 4. The molecule has 0 aromatic carbocycles. The summed E-state index contributed by atoms with van der Waals surface area (Å²) in [4.78, 5) is 23.5. The number of amides is 1. The lowest BCUT2D eigenvalue weighted by Gasteiger charge is -2.35. The molecule has 1 fully saturated rings. The van der Waals surface area contributed by atoms with Crippen molar-refractivity contribution < 1.29 is 9.53 Å². The third kappa shape index (κ3) is 3.87. The van der Waals surface area contributed by atoms with E-state index in [1.807, 2.05) is 36.4 Å². The fourth-order valence-electron chi connectivity index (χ4n) is 3.23. The fourth-order valence-corrected chi connectivity index (χ4v) is 3.23. The summed E-state index contributed by atoms with van der Waals surface area (Å²) >= 11 is 0. The average Bonchev–Trinajstić information content (AvgIpc) is 3.01. The Morgan fingerprint density at radius 1 is 1.32 bits per heavy atom. The number of ether oxygens (including phenoxy) is 1. The number of aryl methyl sites for hydroxylation is 4. The lowest BCUT2D eigenvalue weighted by molar-refractivity contribution is -0.00448. The van der Waals surface area contributed by atoms with Crippen molar-refractivity contribution in [2.24, 2.45) is 0 Å². The Morgan fingerprint density at radius 2 is 2.12 bits per heavy atom. The van der Waals surface area contributed by atoms with Gasteiger partial charge in [0, 0.05) is 31.2 Å². The van der Waals surface area contributed by atoms with Gasteiger partial charge in [0.05, 0.1) is 30.6 Å². The fraction of sp³-hybridized carbons (Fsp3) is 0.556. The molecule has 7 heteroatoms. The van der Waals surface area contributed by atoms with Crippen molar-refractivity contribution >= 4 is 5.91 Å². The van der Waals surface area contributed by atoms with Crippen LogP contribution in [-0.4, -0.2) is 56.4 Å². The Labute approximate surface area is 148 Å². The lowest BCUT2D eigenvalue weighted by Crippen LogP contribution is -2.49. The van der Waals surface area contributed by atoms with Gasteiger partial charge in [-0.3, -0.25) is 19.4 Å². The summed E-state index contributed by atoms with van der Waals surface area (Å²) in [6.45, 7) is 8.44. The molecule has 134 valence electrons. The van der Waals surface area contributed by atoms with E-state index in [0.29, 0.717) is 25.5 Å². The van der Waals surface area contributed by atoms with Gasteiger partial charge < -0.3 is 9.64 Å². The summed E-state index contributed by atoms with van der Waals surface area (Å²) in [7, 11) is 0. The Balaban J connectivity index is 1.71. The van der Waals surface area contributed by atoms with E-state index in [1.165, 1.54) is 0 Å². The molecule has 2 aromatic heterocycles. The molecule has 0 aliphatic carbocycles. The maximum atomic E-state index is 12.9. The van der Waals surface area contributed by atoms with Gasteiger partial charge in [-0.1, -0.05) is 0 Å². The number of hydrogen-bond donors (Lipinski definition) is 0. The van der Waals surface area contributed by atoms with Crippen LogP contribution in [0.2, 0.25) is 0 Å². The summed E-state index contributed by atoms with van der Waals surface area (Å²) in [6, 6.07) is 1.90. The quantitative estimate of drug-likeness (QED) is 0.827. The molecule has 2 aromatic rings. The third-order valence-corrected chi connectivity index (χ3v) is 4.69. The number of morpholine rings is 1. The summed E-state index contributed by atoms with van der Waals surface area (Å²) in [6.07, 6.45) is 4.99. The minimum absolute atomic E-state index is 0.0144. The topological polar surface area (TPSA) is 73.1 Å². The zero-order valence-electron chi connectivity index (χ0n) is 15.1. The van der Waals surface area contributed by atoms with Crippen LogP contribution in [0.5, 0.6) is 0 Å². The Morgan fingerprint density at radius 3 is 2.84 bits per heavy atom. The van der Waals surface area contributed by atoms with Crippen LogP contribution in [0.4, 0.5) is 0 Å². The van der Waals surface area contributed by atoms with Gasteiger partial charge >= 0.3 is 0 Å². The highest BCUT2D eigenvalue weighted by molar-refractivity contribution is 5.92. The van der Waals surface area contributed by atoms with Gasteiger partial charge in [0.25, 0.3) is 5.91 Å². The predicted octanol–water partition coefficient (Wildman–Crippen LogP) is 1.78. The summed E-state index contributed by atoms with van der Waals surface area (Å²) in [5, 5.41) is 4.43. The molecule has 25 heavy (non-hydrogen) atoms. The van der Waals surface area contributed by atoms with Gasteiger partial charge in [0.1, 0.15) is 0 Å². The summed E-state index contributed by atoms with van der Waals surface area (Å²) in [5.74, 6) is -0.0144. The van der Waals surface area contributed by atoms with Crippen molar-refractivity contribution in [3.8, 4) is 0 Å². The molecule has 0 radical (unpaired) electrons. The molecule has 0 N–H and O–H groups in total. The van der Waals surface area contributed by atoms with Crippen LogP contribution in [0, 0.1) is 13.8 Å². The SMILES string of the molecule is CCn1nc(C(=O)N2CCOC[C@H]2CCc2nccnc2C)cc1C. The molecule has 3 heterocycles. The molecule has 1 atom stereocenters. The maximum Gasteiger partial charge on any atom is 0.274 e. The van der Waals surface area contributed by atoms with Crippen molar-refractivity contribution in [3.63, 3.8) is 0 Å². The van der Waals surface area contributed by atoms with E-state index in [9.17, 15) is 4.79 Å². The number of carbonyl (C=O) groups excluding carboxylic acids is 1. The van der Waals surface area contributed by atoms with Crippen LogP contribution in [0.3, 0.4) is 0 Å². The highest BCUT2D eigenvalue weighted by Crippen LogP contribution is 2.17. The molecule has 0 spiro atoms. The number of carbonyl (C=O) groups is 1. The molecule has 0 unspecified atom stereocenters. The second-order valence-corrected chi connectivity index (χ2v) is 6.34. The Kier molecular flexibility index (Phi) is 5.43. The maximum absolute atomic E-state index is 12.9. The molecule has 0 bridgehead atoms. The molecule has 1 aliphatic heterocycles. The Hall–Kier alpha value is -2.28. The standard InChI is InChI=1S/C18H25N5O2/c1-4-23-13(2)11-17(21-23)18(24)22-9-10-25-12-15(22)5-6-16-14(3)19-7-8-20-16/h7-8,11,15H,4-6,9-10,12H2,1-3H3/t15-/m1/s1. The summed E-state index contributed by atoms with van der Waals surface area (Å²) in [5.41, 5.74) is 3.44. The predicted molar refractivity (Wildman–Crippen MR) is 93.4 cm³/mol. The first-order chi connectivity index (χ1) is 12.1. The van der Waals surface area contributed by atoms with E-state index in [2.05, 4.69) is 15.1 Å². The van der Waals surface area contributed by atoms with Gasteiger partial charge in [-0.05, 0) is 39.7 Å². The van der Waals surface area contributed by atoms with Gasteiger partial charge in [-0.25, -0.2) is 0 Å². The highest BCUT2D eigenvalue weighted by atomic mass is 16.5. The molecule has 1 aliphatic rings. The van der Waals surface area contributed by atoms with Crippen LogP contribution in [0.15, 0.2) is 18.5 Å². The van der Waals surface area contributed by atoms with Crippen molar-refractivity contribution in [1.29, 1.82) is 0 Å². The van der Waals surface area contributed by atoms with E-state index in [0.717, 1.165) is 36.5 Å². The zero-order valence-corrected chi connectivity index (χ0v) is 15.1. The van der Waals surface area contributed by atoms with Crippen LogP contribution in [0.25, 0.3) is 0 Å². The van der Waals surface area contributed by atoms with Crippen LogP contribution >= 0.6 is 0 Å². The summed E-state index contributed by atoms with van der Waals surface area (Å²) < 4.78 is 7.46. The lowest BCUT2D eigenvalue weighted by atomic mass is 10.1. The normalized spacial score (nSPS) is 17.7. The number of rotatable bonds is 5. The zero-order chi connectivity index (χ0) is 17.8. The molecular formula is C18H25N5O2. The largest absolute Gasteiger partial charge is 0.377 e. The minimum Gasteiger partial charge on any atom is -0.377 e. The highest BCUT2D eigenvalue weighted by Gasteiger charge is 2.29. The van der Waals surface area contributed by atoms with E-state index in [4.69, 9.17) is 4.74 Å². The third-order valence-electron chi connectivity index (χ3n) is 4.69. The second-order valence-electron chi connectivity index (χ2n) is 6.34. The van der Waals surface area contributed by atoms with E-state index >= 15 is 0 Å². The van der Waals surface area contributed by atoms with Crippen molar-refractivity contribution in [2.75, 3.05) is 19.8 Å². The van der Waals surface area contributed by atoms with E-state index < -0.39 is 0 Å². The second kappa shape index (κ2) is 7.74. The average molecular weight is 343 g/mol. The molecule has 0 saturated carbocycles. The van der Waals surface area contributed by atoms with Crippen molar-refractivity contribution in [3.05, 3.63) is 41.2 Å². The van der Waals surface area contributed by atoms with Gasteiger partial charge in [0.15, 0.2) is 5.69 Å². The smallest absolute Gasteiger partial charge is 0.274 e. The first-order valence-corrected chi connectivity index (χ1v) is 8.79. The van der Waals surface area contributed by atoms with Crippen LogP contribution in [-0.2, 0) is 17.7 Å². The van der Waals surface area contributed by atoms with Gasteiger partial charge in [-0.2, -0.15) is 5.10 Å². The number of hydrogen-bond acceptors (Lipinski definition) is 5. The van der Waals surface area contributed by atoms with Crippen LogP contribution < -0.4 is 0 Å². The van der Waals surface area contributed by atoms with Crippen molar-refractivity contribution in [1.82, 2.24) is 24.6 Å². The van der Waals surface area contributed by atoms with E-state index in [1.54, 1.807) is 12.4 Å². The molecule has 1 amide bonds.